The smallest absolute Gasteiger partial charge is 0.0954 e. The maximum Gasteiger partial charge on any atom is 0.0954 e. The molecule has 1 heterocycles. The summed E-state index contributed by atoms with van der Waals surface area (Å²) in [4.78, 5) is 2.33. The third-order valence-electron chi connectivity index (χ3n) is 3.73. The molecule has 0 amide bonds. The van der Waals surface area contributed by atoms with Crippen LogP contribution in [0.5, 0.6) is 0 Å². The summed E-state index contributed by atoms with van der Waals surface area (Å²) in [7, 11) is 0. The van der Waals surface area contributed by atoms with Crippen LogP contribution >= 0.6 is 0 Å². The molecule has 0 radical (unpaired) electrons. The highest BCUT2D eigenvalue weighted by Gasteiger charge is 2.23. The van der Waals surface area contributed by atoms with Crippen LogP contribution in [0.1, 0.15) is 37.5 Å². The van der Waals surface area contributed by atoms with Crippen LogP contribution in [0.3, 0.4) is 0 Å². The zero-order valence-electron chi connectivity index (χ0n) is 11.8. The van der Waals surface area contributed by atoms with Crippen LogP contribution in [0.2, 0.25) is 0 Å². The second-order valence-electron chi connectivity index (χ2n) is 5.31. The van der Waals surface area contributed by atoms with Crippen LogP contribution in [0.4, 0.5) is 0 Å². The lowest BCUT2D eigenvalue weighted by Gasteiger charge is -2.33. The van der Waals surface area contributed by atoms with E-state index in [0.29, 0.717) is 12.5 Å². The van der Waals surface area contributed by atoms with Gasteiger partial charge in [-0.1, -0.05) is 24.3 Å². The van der Waals surface area contributed by atoms with Crippen molar-refractivity contribution in [1.29, 1.82) is 5.26 Å². The second-order valence-corrected chi connectivity index (χ2v) is 5.31. The standard InChI is InChI=1S/C16H22N2O/c1-13(2)18(10-5-9-17)12-16-15-7-4-3-6-14(15)8-11-19-16/h3-4,6-7,13,16H,5,8,10-12H2,1-2H3. The fraction of sp³-hybridized carbons (Fsp3) is 0.562. The zero-order valence-corrected chi connectivity index (χ0v) is 11.8. The molecule has 0 spiro atoms. The van der Waals surface area contributed by atoms with Gasteiger partial charge in [-0.15, -0.1) is 0 Å². The number of hydrogen-bond acceptors (Lipinski definition) is 3. The Morgan fingerprint density at radius 3 is 2.95 bits per heavy atom. The van der Waals surface area contributed by atoms with Gasteiger partial charge >= 0.3 is 0 Å². The normalized spacial score (nSPS) is 18.4. The van der Waals surface area contributed by atoms with E-state index < -0.39 is 0 Å². The molecule has 102 valence electrons. The van der Waals surface area contributed by atoms with Crippen LogP contribution in [0.25, 0.3) is 0 Å². The molecule has 1 unspecified atom stereocenters. The number of nitrogens with zero attached hydrogens (tertiary/aromatic N) is 2. The molecule has 3 nitrogen and oxygen atoms in total. The third-order valence-corrected chi connectivity index (χ3v) is 3.73. The van der Waals surface area contributed by atoms with Crippen molar-refractivity contribution in [1.82, 2.24) is 4.90 Å². The Bertz CT molecular complexity index is 450. The van der Waals surface area contributed by atoms with Gasteiger partial charge in [0.2, 0.25) is 0 Å². The monoisotopic (exact) mass is 258 g/mol. The quantitative estimate of drug-likeness (QED) is 0.814. The van der Waals surface area contributed by atoms with Crippen molar-refractivity contribution in [3.05, 3.63) is 35.4 Å². The summed E-state index contributed by atoms with van der Waals surface area (Å²) in [5, 5.41) is 8.75. The van der Waals surface area contributed by atoms with E-state index in [1.54, 1.807) is 0 Å². The Morgan fingerprint density at radius 1 is 1.42 bits per heavy atom. The molecule has 0 aromatic heterocycles. The average molecular weight is 258 g/mol. The molecular formula is C16H22N2O. The molecule has 1 aliphatic rings. The molecule has 0 aliphatic carbocycles. The molecule has 0 saturated carbocycles. The first-order valence-corrected chi connectivity index (χ1v) is 7.02. The lowest BCUT2D eigenvalue weighted by atomic mass is 9.97. The van der Waals surface area contributed by atoms with Gasteiger partial charge in [0.15, 0.2) is 0 Å². The van der Waals surface area contributed by atoms with E-state index in [1.165, 1.54) is 11.1 Å². The maximum atomic E-state index is 8.75. The number of rotatable bonds is 5. The van der Waals surface area contributed by atoms with Crippen LogP contribution in [0.15, 0.2) is 24.3 Å². The van der Waals surface area contributed by atoms with E-state index in [1.807, 2.05) is 0 Å². The van der Waals surface area contributed by atoms with Crippen LogP contribution in [-0.4, -0.2) is 30.6 Å². The molecule has 1 aromatic carbocycles. The van der Waals surface area contributed by atoms with Crippen LogP contribution in [0, 0.1) is 11.3 Å². The fourth-order valence-electron chi connectivity index (χ4n) is 2.59. The van der Waals surface area contributed by atoms with Gasteiger partial charge in [-0.05, 0) is 31.4 Å². The maximum absolute atomic E-state index is 8.75. The van der Waals surface area contributed by atoms with E-state index in [9.17, 15) is 0 Å². The molecule has 0 fully saturated rings. The van der Waals surface area contributed by atoms with Crippen LogP contribution < -0.4 is 0 Å². The van der Waals surface area contributed by atoms with Gasteiger partial charge < -0.3 is 4.74 Å². The lowest BCUT2D eigenvalue weighted by molar-refractivity contribution is 0.00966. The van der Waals surface area contributed by atoms with E-state index in [4.69, 9.17) is 10.00 Å². The highest BCUT2D eigenvalue weighted by atomic mass is 16.5. The van der Waals surface area contributed by atoms with E-state index in [-0.39, 0.29) is 6.10 Å². The summed E-state index contributed by atoms with van der Waals surface area (Å²) in [5.74, 6) is 0. The summed E-state index contributed by atoms with van der Waals surface area (Å²) < 4.78 is 5.94. The Labute approximate surface area is 115 Å². The number of benzene rings is 1. The Hall–Kier alpha value is -1.37. The number of ether oxygens (including phenoxy) is 1. The van der Waals surface area contributed by atoms with E-state index in [0.717, 1.165) is 26.1 Å². The second kappa shape index (κ2) is 6.70. The third kappa shape index (κ3) is 3.56. The number of fused-ring (bicyclic) bond motifs is 1. The summed E-state index contributed by atoms with van der Waals surface area (Å²) in [6, 6.07) is 11.2. The minimum absolute atomic E-state index is 0.144. The van der Waals surface area contributed by atoms with Crippen molar-refractivity contribution < 1.29 is 4.74 Å². The Kier molecular flexibility index (Phi) is 4.95. The highest BCUT2D eigenvalue weighted by molar-refractivity contribution is 5.31. The molecule has 0 N–H and O–H groups in total. The largest absolute Gasteiger partial charge is 0.372 e. The summed E-state index contributed by atoms with van der Waals surface area (Å²) in [5.41, 5.74) is 2.72. The van der Waals surface area contributed by atoms with Crippen molar-refractivity contribution in [3.63, 3.8) is 0 Å². The molecule has 1 aliphatic heterocycles. The molecule has 19 heavy (non-hydrogen) atoms. The number of nitriles is 1. The van der Waals surface area contributed by atoms with Crippen molar-refractivity contribution in [2.24, 2.45) is 0 Å². The average Bonchev–Trinajstić information content (AvgIpc) is 2.43. The van der Waals surface area contributed by atoms with E-state index >= 15 is 0 Å². The SMILES string of the molecule is CC(C)N(CCC#N)CC1OCCc2ccccc21. The van der Waals surface area contributed by atoms with Gasteiger partial charge in [-0.2, -0.15) is 5.26 Å². The Balaban J connectivity index is 2.08. The summed E-state index contributed by atoms with van der Waals surface area (Å²) in [6.45, 7) is 6.83. The highest BCUT2D eigenvalue weighted by Crippen LogP contribution is 2.28. The molecule has 0 saturated heterocycles. The molecule has 0 bridgehead atoms. The van der Waals surface area contributed by atoms with Gasteiger partial charge in [0.1, 0.15) is 0 Å². The van der Waals surface area contributed by atoms with Gasteiger partial charge in [-0.3, -0.25) is 4.90 Å². The molecule has 2 rings (SSSR count). The minimum Gasteiger partial charge on any atom is -0.372 e. The first-order valence-electron chi connectivity index (χ1n) is 7.02. The van der Waals surface area contributed by atoms with Gasteiger partial charge in [0.05, 0.1) is 18.8 Å². The molecule has 1 atom stereocenters. The fourth-order valence-corrected chi connectivity index (χ4v) is 2.59. The molecule has 3 heteroatoms. The van der Waals surface area contributed by atoms with Crippen molar-refractivity contribution in [3.8, 4) is 6.07 Å². The summed E-state index contributed by atoms with van der Waals surface area (Å²) in [6.07, 6.45) is 1.73. The number of hydrogen-bond donors (Lipinski definition) is 0. The van der Waals surface area contributed by atoms with Crippen molar-refractivity contribution >= 4 is 0 Å². The van der Waals surface area contributed by atoms with Gasteiger partial charge in [0.25, 0.3) is 0 Å². The van der Waals surface area contributed by atoms with Gasteiger partial charge in [-0.25, -0.2) is 0 Å². The minimum atomic E-state index is 0.144. The summed E-state index contributed by atoms with van der Waals surface area (Å²) >= 11 is 0. The van der Waals surface area contributed by atoms with Gasteiger partial charge in [0, 0.05) is 25.6 Å². The topological polar surface area (TPSA) is 36.3 Å². The zero-order chi connectivity index (χ0) is 13.7. The first kappa shape index (κ1) is 14.0. The van der Waals surface area contributed by atoms with Crippen molar-refractivity contribution in [2.45, 2.75) is 38.8 Å². The molecular weight excluding hydrogens is 236 g/mol. The molecule has 1 aromatic rings. The van der Waals surface area contributed by atoms with E-state index in [2.05, 4.69) is 49.1 Å². The van der Waals surface area contributed by atoms with Crippen LogP contribution in [-0.2, 0) is 11.2 Å². The predicted molar refractivity (Wildman–Crippen MR) is 75.8 cm³/mol. The lowest BCUT2D eigenvalue weighted by Crippen LogP contribution is -2.37. The predicted octanol–water partition coefficient (Wildman–Crippen LogP) is 2.92. The first-order chi connectivity index (χ1) is 9.22. The Morgan fingerprint density at radius 2 is 2.21 bits per heavy atom. The van der Waals surface area contributed by atoms with Crippen molar-refractivity contribution in [2.75, 3.05) is 19.7 Å².